The molecule has 0 radical (unpaired) electrons. The fraction of sp³-hybridized carbons (Fsp3) is 0.208. The Labute approximate surface area is 199 Å². The zero-order valence-electron chi connectivity index (χ0n) is 18.7. The molecule has 4 aromatic rings. The molecule has 36 heavy (non-hydrogen) atoms. The summed E-state index contributed by atoms with van der Waals surface area (Å²) in [5, 5.41) is 4.14. The van der Waals surface area contributed by atoms with Crippen molar-refractivity contribution in [2.75, 3.05) is 6.61 Å². The van der Waals surface area contributed by atoms with Gasteiger partial charge < -0.3 is 9.72 Å². The Hall–Kier alpha value is -4.09. The third-order valence-corrected chi connectivity index (χ3v) is 5.44. The lowest BCUT2D eigenvalue weighted by atomic mass is 10.0. The number of aromatic amines is 1. The summed E-state index contributed by atoms with van der Waals surface area (Å²) >= 11 is 0. The average Bonchev–Trinajstić information content (AvgIpc) is 3.14. The zero-order chi connectivity index (χ0) is 26.4. The molecule has 6 nitrogen and oxygen atoms in total. The van der Waals surface area contributed by atoms with E-state index in [1.807, 2.05) is 0 Å². The van der Waals surface area contributed by atoms with Crippen LogP contribution in [0.1, 0.15) is 34.1 Å². The van der Waals surface area contributed by atoms with Crippen molar-refractivity contribution < 1.29 is 35.9 Å². The summed E-state index contributed by atoms with van der Waals surface area (Å²) in [7, 11) is 0. The molecule has 2 aromatic carbocycles. The molecular formula is C24H17F6N3O3. The molecule has 12 heteroatoms. The van der Waals surface area contributed by atoms with E-state index in [-0.39, 0.29) is 34.8 Å². The van der Waals surface area contributed by atoms with Crippen molar-refractivity contribution in [3.05, 3.63) is 81.3 Å². The highest BCUT2D eigenvalue weighted by molar-refractivity contribution is 5.97. The highest BCUT2D eigenvalue weighted by Crippen LogP contribution is 2.34. The van der Waals surface area contributed by atoms with Gasteiger partial charge in [-0.25, -0.2) is 4.79 Å². The molecule has 0 unspecified atom stereocenters. The van der Waals surface area contributed by atoms with Gasteiger partial charge in [-0.2, -0.15) is 36.0 Å². The Morgan fingerprint density at radius 1 is 0.917 bits per heavy atom. The van der Waals surface area contributed by atoms with E-state index in [1.165, 1.54) is 26.0 Å². The summed E-state index contributed by atoms with van der Waals surface area (Å²) in [5.74, 6) is -1.01. The molecule has 2 aromatic heterocycles. The van der Waals surface area contributed by atoms with Crippen LogP contribution in [-0.4, -0.2) is 27.2 Å². The molecule has 0 aliphatic rings. The molecule has 188 valence electrons. The highest BCUT2D eigenvalue weighted by Gasteiger charge is 2.32. The third kappa shape index (κ3) is 4.45. The van der Waals surface area contributed by atoms with Gasteiger partial charge >= 0.3 is 18.3 Å². The van der Waals surface area contributed by atoms with E-state index in [9.17, 15) is 35.9 Å². The van der Waals surface area contributed by atoms with E-state index in [0.29, 0.717) is 5.56 Å². The number of H-pyrrole nitrogens is 1. The van der Waals surface area contributed by atoms with Crippen LogP contribution in [0, 0.1) is 6.92 Å². The predicted molar refractivity (Wildman–Crippen MR) is 117 cm³/mol. The molecule has 0 aliphatic carbocycles. The maximum atomic E-state index is 13.3. The Bertz CT molecular complexity index is 1500. The second-order valence-electron chi connectivity index (χ2n) is 7.77. The number of ether oxygens (including phenoxy) is 1. The lowest BCUT2D eigenvalue weighted by molar-refractivity contribution is -0.138. The van der Waals surface area contributed by atoms with Gasteiger partial charge in [-0.15, -0.1) is 0 Å². The van der Waals surface area contributed by atoms with Gasteiger partial charge in [0, 0.05) is 5.56 Å². The first-order chi connectivity index (χ1) is 16.8. The summed E-state index contributed by atoms with van der Waals surface area (Å²) < 4.78 is 83.9. The zero-order valence-corrected chi connectivity index (χ0v) is 18.7. The topological polar surface area (TPSA) is 76.5 Å². The number of fused-ring (bicyclic) bond motifs is 1. The molecule has 2 heterocycles. The van der Waals surface area contributed by atoms with Crippen LogP contribution in [0.15, 0.2) is 53.3 Å². The van der Waals surface area contributed by atoms with Gasteiger partial charge in [0.05, 0.1) is 29.1 Å². The molecule has 4 rings (SSSR count). The average molecular weight is 509 g/mol. The van der Waals surface area contributed by atoms with Gasteiger partial charge in [-0.3, -0.25) is 4.79 Å². The molecule has 1 N–H and O–H groups in total. The van der Waals surface area contributed by atoms with Gasteiger partial charge in [0.2, 0.25) is 0 Å². The Kier molecular flexibility index (Phi) is 6.15. The first-order valence-electron chi connectivity index (χ1n) is 10.5. The number of alkyl halides is 6. The van der Waals surface area contributed by atoms with Crippen LogP contribution < -0.4 is 5.56 Å². The molecular weight excluding hydrogens is 492 g/mol. The predicted octanol–water partition coefficient (Wildman–Crippen LogP) is 5.88. The van der Waals surface area contributed by atoms with E-state index < -0.39 is 40.6 Å². The lowest BCUT2D eigenvalue weighted by Crippen LogP contribution is -2.26. The van der Waals surface area contributed by atoms with E-state index in [2.05, 4.69) is 10.1 Å². The van der Waals surface area contributed by atoms with Crippen molar-refractivity contribution in [3.63, 3.8) is 0 Å². The SMILES string of the molecule is CCOC(=O)c1c(-c2ccc(C(F)(F)F)cc2)[nH]c2c(-c3ccc(C(F)(F)F)cc3)c(C)nn2c1=O. The number of aryl methyl sites for hydroxylation is 1. The van der Waals surface area contributed by atoms with Crippen LogP contribution in [0.3, 0.4) is 0 Å². The van der Waals surface area contributed by atoms with Crippen LogP contribution >= 0.6 is 0 Å². The van der Waals surface area contributed by atoms with Crippen molar-refractivity contribution >= 4 is 11.6 Å². The first kappa shape index (κ1) is 25.0. The minimum absolute atomic E-state index is 0.0419. The smallest absolute Gasteiger partial charge is 0.416 e. The number of nitrogens with zero attached hydrogens (tertiary/aromatic N) is 2. The van der Waals surface area contributed by atoms with Crippen LogP contribution in [-0.2, 0) is 17.1 Å². The Morgan fingerprint density at radius 2 is 1.42 bits per heavy atom. The first-order valence-corrected chi connectivity index (χ1v) is 10.5. The number of hydrogen-bond acceptors (Lipinski definition) is 4. The number of benzene rings is 2. The molecule has 0 spiro atoms. The number of halogens is 6. The maximum Gasteiger partial charge on any atom is 0.416 e. The van der Waals surface area contributed by atoms with Crippen molar-refractivity contribution in [1.82, 2.24) is 14.6 Å². The van der Waals surface area contributed by atoms with E-state index >= 15 is 0 Å². The fourth-order valence-corrected chi connectivity index (χ4v) is 3.79. The molecule has 0 saturated carbocycles. The van der Waals surface area contributed by atoms with Crippen molar-refractivity contribution in [1.29, 1.82) is 0 Å². The number of hydrogen-bond donors (Lipinski definition) is 1. The second-order valence-corrected chi connectivity index (χ2v) is 7.77. The van der Waals surface area contributed by atoms with Crippen LogP contribution in [0.4, 0.5) is 26.3 Å². The summed E-state index contributed by atoms with van der Waals surface area (Å²) in [6.07, 6.45) is -9.15. The second kappa shape index (κ2) is 8.85. The van der Waals surface area contributed by atoms with E-state index in [4.69, 9.17) is 4.74 Å². The van der Waals surface area contributed by atoms with Gasteiger partial charge in [-0.1, -0.05) is 24.3 Å². The van der Waals surface area contributed by atoms with Crippen LogP contribution in [0.25, 0.3) is 28.0 Å². The van der Waals surface area contributed by atoms with Gasteiger partial charge in [0.1, 0.15) is 5.65 Å². The number of carbonyl (C=O) groups is 1. The van der Waals surface area contributed by atoms with Crippen molar-refractivity contribution in [3.8, 4) is 22.4 Å². The highest BCUT2D eigenvalue weighted by atomic mass is 19.4. The van der Waals surface area contributed by atoms with Crippen molar-refractivity contribution in [2.45, 2.75) is 26.2 Å². The van der Waals surface area contributed by atoms with E-state index in [1.54, 1.807) is 0 Å². The number of rotatable bonds is 4. The Morgan fingerprint density at radius 3 is 1.89 bits per heavy atom. The minimum Gasteiger partial charge on any atom is -0.462 e. The number of carbonyl (C=O) groups excluding carboxylic acids is 1. The summed E-state index contributed by atoms with van der Waals surface area (Å²) in [6.45, 7) is 2.97. The van der Waals surface area contributed by atoms with Gasteiger partial charge in [0.15, 0.2) is 5.56 Å². The van der Waals surface area contributed by atoms with Gasteiger partial charge in [0.25, 0.3) is 5.56 Å². The minimum atomic E-state index is -4.60. The Balaban J connectivity index is 1.98. The monoisotopic (exact) mass is 509 g/mol. The van der Waals surface area contributed by atoms with E-state index in [0.717, 1.165) is 40.9 Å². The normalized spacial score (nSPS) is 12.2. The summed E-state index contributed by atoms with van der Waals surface area (Å²) in [4.78, 5) is 28.8. The largest absolute Gasteiger partial charge is 0.462 e. The molecule has 0 amide bonds. The maximum absolute atomic E-state index is 13.3. The number of nitrogens with one attached hydrogen (secondary N) is 1. The molecule has 0 aliphatic heterocycles. The lowest BCUT2D eigenvalue weighted by Gasteiger charge is -2.12. The van der Waals surface area contributed by atoms with Crippen LogP contribution in [0.2, 0.25) is 0 Å². The standard InChI is InChI=1S/C24H17F6N3O3/c1-3-36-22(35)18-19(14-6-10-16(11-7-14)24(28,29)30)31-20-17(12(2)32-33(20)21(18)34)13-4-8-15(9-5-13)23(25,26)27/h4-11,31H,3H2,1-2H3. The molecule has 0 atom stereocenters. The molecule has 0 bridgehead atoms. The third-order valence-electron chi connectivity index (χ3n) is 5.44. The van der Waals surface area contributed by atoms with Gasteiger partial charge in [-0.05, 0) is 49.2 Å². The summed E-state index contributed by atoms with van der Waals surface area (Å²) in [6, 6.07) is 7.95. The quantitative estimate of drug-likeness (QED) is 0.275. The molecule has 0 saturated heterocycles. The van der Waals surface area contributed by atoms with Crippen molar-refractivity contribution in [2.24, 2.45) is 0 Å². The molecule has 0 fully saturated rings. The van der Waals surface area contributed by atoms with Crippen LogP contribution in [0.5, 0.6) is 0 Å². The number of esters is 1. The number of aromatic nitrogens is 3. The fourth-order valence-electron chi connectivity index (χ4n) is 3.79. The summed E-state index contributed by atoms with van der Waals surface area (Å²) in [5.41, 5.74) is -2.33.